The molecule has 1 amide bonds. The number of amides is 1. The van der Waals surface area contributed by atoms with Crippen LogP contribution in [0.1, 0.15) is 11.1 Å². The Kier molecular flexibility index (Phi) is 5.29. The molecule has 4 N–H and O–H groups in total. The van der Waals surface area contributed by atoms with Crippen molar-refractivity contribution in [1.29, 1.82) is 0 Å². The highest BCUT2D eigenvalue weighted by Gasteiger charge is 2.21. The molecule has 0 saturated heterocycles. The van der Waals surface area contributed by atoms with Crippen molar-refractivity contribution in [3.8, 4) is 11.3 Å². The summed E-state index contributed by atoms with van der Waals surface area (Å²) in [6.07, 6.45) is 1.18. The molecule has 6 nitrogen and oxygen atoms in total. The Morgan fingerprint density at radius 2 is 1.81 bits per heavy atom. The molecule has 0 radical (unpaired) electrons. The molecule has 0 atom stereocenters. The van der Waals surface area contributed by atoms with Gasteiger partial charge in [0.25, 0.3) is 0 Å². The van der Waals surface area contributed by atoms with E-state index in [0.717, 1.165) is 22.9 Å². The van der Waals surface area contributed by atoms with E-state index in [2.05, 4.69) is 15.6 Å². The maximum atomic E-state index is 14.6. The van der Waals surface area contributed by atoms with Crippen LogP contribution < -0.4 is 16.4 Å². The number of nitrogens with zero attached hydrogens (tertiary/aromatic N) is 2. The number of anilines is 3. The Morgan fingerprint density at radius 1 is 1.10 bits per heavy atom. The Hall–Kier alpha value is -3.94. The lowest BCUT2D eigenvalue weighted by Crippen LogP contribution is -2.22. The molecule has 2 heterocycles. The van der Waals surface area contributed by atoms with Gasteiger partial charge in [-0.1, -0.05) is 36.4 Å². The quantitative estimate of drug-likeness (QED) is 0.427. The number of imidazole rings is 1. The summed E-state index contributed by atoms with van der Waals surface area (Å²) >= 11 is 0. The third kappa shape index (κ3) is 3.92. The normalized spacial score (nSPS) is 11.0. The van der Waals surface area contributed by atoms with E-state index in [0.29, 0.717) is 22.8 Å². The first-order valence-electron chi connectivity index (χ1n) is 9.67. The predicted octanol–water partition coefficient (Wildman–Crippen LogP) is 4.54. The largest absolute Gasteiger partial charge is 0.376 e. The molecule has 4 aromatic rings. The molecule has 158 valence electrons. The van der Waals surface area contributed by atoms with Crippen molar-refractivity contribution in [2.75, 3.05) is 17.2 Å². The van der Waals surface area contributed by atoms with Crippen molar-refractivity contribution in [2.24, 2.45) is 5.73 Å². The number of nitrogens with two attached hydrogens (primary N) is 1. The van der Waals surface area contributed by atoms with Gasteiger partial charge in [0.2, 0.25) is 5.91 Å². The van der Waals surface area contributed by atoms with Crippen LogP contribution in [0.3, 0.4) is 0 Å². The van der Waals surface area contributed by atoms with Crippen molar-refractivity contribution < 1.29 is 13.6 Å². The van der Waals surface area contributed by atoms with E-state index >= 15 is 0 Å². The number of pyridine rings is 1. The molecule has 0 spiro atoms. The van der Waals surface area contributed by atoms with Gasteiger partial charge in [0.05, 0.1) is 6.54 Å². The van der Waals surface area contributed by atoms with Crippen molar-refractivity contribution in [3.05, 3.63) is 77.5 Å². The number of carbonyl (C=O) groups is 1. The lowest BCUT2D eigenvalue weighted by atomic mass is 10.1. The molecule has 0 saturated carbocycles. The smallest absolute Gasteiger partial charge is 0.236 e. The summed E-state index contributed by atoms with van der Waals surface area (Å²) in [5.74, 6) is -1.62. The predicted molar refractivity (Wildman–Crippen MR) is 117 cm³/mol. The molecule has 2 aromatic heterocycles. The lowest BCUT2D eigenvalue weighted by Gasteiger charge is -2.15. The molecule has 4 rings (SSSR count). The van der Waals surface area contributed by atoms with Gasteiger partial charge < -0.3 is 16.4 Å². The van der Waals surface area contributed by atoms with Gasteiger partial charge in [-0.3, -0.25) is 9.20 Å². The third-order valence-corrected chi connectivity index (χ3v) is 5.00. The second kappa shape index (κ2) is 8.06. The van der Waals surface area contributed by atoms with Crippen LogP contribution >= 0.6 is 0 Å². The van der Waals surface area contributed by atoms with Crippen LogP contribution in [-0.2, 0) is 4.79 Å². The molecular weight excluding hydrogens is 400 g/mol. The van der Waals surface area contributed by atoms with E-state index in [1.165, 1.54) is 10.6 Å². The minimum Gasteiger partial charge on any atom is -0.376 e. The number of fused-ring (bicyclic) bond motifs is 1. The molecule has 8 heteroatoms. The van der Waals surface area contributed by atoms with Crippen LogP contribution in [0.4, 0.5) is 26.0 Å². The van der Waals surface area contributed by atoms with Gasteiger partial charge in [0.15, 0.2) is 11.5 Å². The average Bonchev–Trinajstić information content (AvgIpc) is 3.08. The van der Waals surface area contributed by atoms with E-state index in [1.54, 1.807) is 24.3 Å². The minimum absolute atomic E-state index is 0.0187. The molecule has 31 heavy (non-hydrogen) atoms. The number of para-hydroxylation sites is 2. The fourth-order valence-electron chi connectivity index (χ4n) is 3.54. The summed E-state index contributed by atoms with van der Waals surface area (Å²) in [4.78, 5) is 15.7. The molecule has 0 fully saturated rings. The summed E-state index contributed by atoms with van der Waals surface area (Å²) in [5.41, 5.74) is 9.61. The van der Waals surface area contributed by atoms with Gasteiger partial charge in [-0.2, -0.15) is 0 Å². The molecular formula is C23H21F2N5O. The topological polar surface area (TPSA) is 84.5 Å². The zero-order valence-corrected chi connectivity index (χ0v) is 17.0. The van der Waals surface area contributed by atoms with Crippen molar-refractivity contribution in [1.82, 2.24) is 9.38 Å². The maximum Gasteiger partial charge on any atom is 0.236 e. The van der Waals surface area contributed by atoms with E-state index < -0.39 is 17.5 Å². The summed E-state index contributed by atoms with van der Waals surface area (Å²) in [6, 6.07) is 13.8. The fraction of sp³-hybridized carbons (Fsp3) is 0.130. The van der Waals surface area contributed by atoms with Crippen molar-refractivity contribution in [3.63, 3.8) is 0 Å². The lowest BCUT2D eigenvalue weighted by molar-refractivity contribution is -0.116. The summed E-state index contributed by atoms with van der Waals surface area (Å²) < 4.78 is 30.0. The second-order valence-corrected chi connectivity index (χ2v) is 7.27. The first kappa shape index (κ1) is 20.3. The molecule has 2 aromatic carbocycles. The van der Waals surface area contributed by atoms with Crippen LogP contribution in [0.2, 0.25) is 0 Å². The van der Waals surface area contributed by atoms with E-state index in [1.807, 2.05) is 32.0 Å². The van der Waals surface area contributed by atoms with Crippen LogP contribution in [0.5, 0.6) is 0 Å². The molecule has 0 unspecified atom stereocenters. The van der Waals surface area contributed by atoms with Crippen LogP contribution in [-0.4, -0.2) is 21.8 Å². The van der Waals surface area contributed by atoms with Gasteiger partial charge in [0, 0.05) is 29.2 Å². The summed E-state index contributed by atoms with van der Waals surface area (Å²) in [6.45, 7) is 3.82. The van der Waals surface area contributed by atoms with Gasteiger partial charge in [-0.25, -0.2) is 13.8 Å². The molecule has 0 aliphatic carbocycles. The number of benzene rings is 2. The minimum atomic E-state index is -0.779. The van der Waals surface area contributed by atoms with Gasteiger partial charge in [-0.05, 0) is 31.0 Å². The van der Waals surface area contributed by atoms with Gasteiger partial charge in [0.1, 0.15) is 17.3 Å². The Balaban J connectivity index is 1.95. The number of nitrogens with one attached hydrogen (secondary N) is 2. The highest BCUT2D eigenvalue weighted by Crippen LogP contribution is 2.37. The Labute approximate surface area is 177 Å². The maximum absolute atomic E-state index is 14.6. The van der Waals surface area contributed by atoms with Gasteiger partial charge >= 0.3 is 0 Å². The van der Waals surface area contributed by atoms with E-state index in [4.69, 9.17) is 5.73 Å². The number of carbonyl (C=O) groups excluding carboxylic acids is 1. The SMILES string of the molecule is Cc1cccc(C)c1Nc1c(-c2ccccc2NCC(N)=O)nc2c(F)cc(F)cn12. The van der Waals surface area contributed by atoms with E-state index in [9.17, 15) is 13.6 Å². The fourth-order valence-corrected chi connectivity index (χ4v) is 3.54. The zero-order chi connectivity index (χ0) is 22.1. The Bertz CT molecular complexity index is 1280. The van der Waals surface area contributed by atoms with Crippen molar-refractivity contribution in [2.45, 2.75) is 13.8 Å². The molecule has 0 aliphatic heterocycles. The highest BCUT2D eigenvalue weighted by atomic mass is 19.1. The number of halogens is 2. The monoisotopic (exact) mass is 421 g/mol. The summed E-state index contributed by atoms with van der Waals surface area (Å²) in [7, 11) is 0. The standard InChI is InChI=1S/C23H21F2N5O/c1-13-6-5-7-14(2)20(13)28-23-21(29-22-17(25)10-15(24)12-30(22)23)16-8-3-4-9-18(16)27-11-19(26)31/h3-10,12,27-28H,11H2,1-2H3,(H2,26,31). The van der Waals surface area contributed by atoms with Gasteiger partial charge in [-0.15, -0.1) is 0 Å². The average molecular weight is 421 g/mol. The van der Waals surface area contributed by atoms with E-state index in [-0.39, 0.29) is 12.2 Å². The van der Waals surface area contributed by atoms with Crippen LogP contribution in [0.15, 0.2) is 54.7 Å². The first-order valence-corrected chi connectivity index (χ1v) is 9.67. The van der Waals surface area contributed by atoms with Crippen LogP contribution in [0.25, 0.3) is 16.9 Å². The molecule has 0 aliphatic rings. The van der Waals surface area contributed by atoms with Crippen molar-refractivity contribution >= 4 is 28.7 Å². The molecule has 0 bridgehead atoms. The van der Waals surface area contributed by atoms with Crippen LogP contribution in [0, 0.1) is 25.5 Å². The highest BCUT2D eigenvalue weighted by molar-refractivity contribution is 5.88. The number of hydrogen-bond acceptors (Lipinski definition) is 4. The number of hydrogen-bond donors (Lipinski definition) is 3. The zero-order valence-electron chi connectivity index (χ0n) is 17.0. The first-order chi connectivity index (χ1) is 14.8. The summed E-state index contributed by atoms with van der Waals surface area (Å²) in [5, 5.41) is 6.30. The Morgan fingerprint density at radius 3 is 2.52 bits per heavy atom. The number of primary amides is 1. The second-order valence-electron chi connectivity index (χ2n) is 7.27. The third-order valence-electron chi connectivity index (χ3n) is 5.00. The number of rotatable bonds is 6. The number of aryl methyl sites for hydroxylation is 2. The number of aromatic nitrogens is 2.